The summed E-state index contributed by atoms with van der Waals surface area (Å²) < 4.78 is 13.8. The Hall–Kier alpha value is -1.44. The zero-order valence-corrected chi connectivity index (χ0v) is 11.3. The third-order valence-corrected chi connectivity index (χ3v) is 3.72. The molecule has 1 aliphatic heterocycles. The summed E-state index contributed by atoms with van der Waals surface area (Å²) in [5.41, 5.74) is 0.680. The first-order valence-corrected chi connectivity index (χ1v) is 6.84. The lowest BCUT2D eigenvalue weighted by Gasteiger charge is -2.24. The lowest BCUT2D eigenvalue weighted by molar-refractivity contribution is 0.251. The van der Waals surface area contributed by atoms with Crippen LogP contribution in [0.2, 0.25) is 0 Å². The SMILES string of the molecule is CC(CNCc1cccc(C#N)c1F)N1CCCC1. The Morgan fingerprint density at radius 3 is 2.84 bits per heavy atom. The molecule has 0 aliphatic carbocycles. The molecule has 19 heavy (non-hydrogen) atoms. The Balaban J connectivity index is 1.84. The minimum absolute atomic E-state index is 0.117. The zero-order valence-electron chi connectivity index (χ0n) is 11.3. The number of likely N-dealkylation sites (tertiary alicyclic amines) is 1. The Bertz CT molecular complexity index is 461. The fraction of sp³-hybridized carbons (Fsp3) is 0.533. The molecule has 1 heterocycles. The first-order chi connectivity index (χ1) is 9.22. The molecular weight excluding hydrogens is 241 g/mol. The van der Waals surface area contributed by atoms with Crippen molar-refractivity contribution in [1.82, 2.24) is 10.2 Å². The Kier molecular flexibility index (Phi) is 4.89. The second kappa shape index (κ2) is 6.65. The third-order valence-electron chi connectivity index (χ3n) is 3.72. The molecule has 0 bridgehead atoms. The number of rotatable bonds is 5. The number of halogens is 1. The van der Waals surface area contributed by atoms with Crippen molar-refractivity contribution in [2.75, 3.05) is 19.6 Å². The summed E-state index contributed by atoms with van der Waals surface area (Å²) >= 11 is 0. The van der Waals surface area contributed by atoms with Gasteiger partial charge in [-0.05, 0) is 38.9 Å². The van der Waals surface area contributed by atoms with E-state index in [0.29, 0.717) is 18.2 Å². The van der Waals surface area contributed by atoms with Crippen molar-refractivity contribution in [3.8, 4) is 6.07 Å². The van der Waals surface area contributed by atoms with Crippen LogP contribution in [-0.4, -0.2) is 30.6 Å². The summed E-state index contributed by atoms with van der Waals surface area (Å²) in [5.74, 6) is -0.397. The molecule has 0 aromatic heterocycles. The highest BCUT2D eigenvalue weighted by Gasteiger charge is 2.17. The van der Waals surface area contributed by atoms with Gasteiger partial charge in [-0.2, -0.15) is 5.26 Å². The maximum absolute atomic E-state index is 13.8. The lowest BCUT2D eigenvalue weighted by Crippen LogP contribution is -2.38. The molecule has 2 rings (SSSR count). The molecule has 102 valence electrons. The van der Waals surface area contributed by atoms with Crippen molar-refractivity contribution < 1.29 is 4.39 Å². The van der Waals surface area contributed by atoms with Crippen molar-refractivity contribution in [3.05, 3.63) is 35.1 Å². The van der Waals surface area contributed by atoms with Gasteiger partial charge in [-0.15, -0.1) is 0 Å². The summed E-state index contributed by atoms with van der Waals surface area (Å²) in [6.07, 6.45) is 2.56. The molecule has 1 aromatic rings. The van der Waals surface area contributed by atoms with Crippen molar-refractivity contribution in [2.24, 2.45) is 0 Å². The molecule has 3 nitrogen and oxygen atoms in total. The van der Waals surface area contributed by atoms with Crippen LogP contribution in [0.25, 0.3) is 0 Å². The monoisotopic (exact) mass is 261 g/mol. The second-order valence-electron chi connectivity index (χ2n) is 5.11. The van der Waals surface area contributed by atoms with Crippen molar-refractivity contribution in [1.29, 1.82) is 5.26 Å². The summed E-state index contributed by atoms with van der Waals surface area (Å²) in [6, 6.07) is 7.30. The number of nitrogens with zero attached hydrogens (tertiary/aromatic N) is 2. The standard InChI is InChI=1S/C15H20FN3/c1-12(19-7-2-3-8-19)10-18-11-14-6-4-5-13(9-17)15(14)16/h4-6,12,18H,2-3,7-8,10-11H2,1H3. The molecule has 1 aliphatic rings. The molecular formula is C15H20FN3. The van der Waals surface area contributed by atoms with E-state index < -0.39 is 5.82 Å². The van der Waals surface area contributed by atoms with Crippen LogP contribution >= 0.6 is 0 Å². The van der Waals surface area contributed by atoms with Gasteiger partial charge in [0, 0.05) is 24.7 Å². The summed E-state index contributed by atoms with van der Waals surface area (Å²) in [4.78, 5) is 2.45. The van der Waals surface area contributed by atoms with E-state index in [0.717, 1.165) is 6.54 Å². The molecule has 1 saturated heterocycles. The number of nitrogens with one attached hydrogen (secondary N) is 1. The van der Waals surface area contributed by atoms with Gasteiger partial charge in [0.25, 0.3) is 0 Å². The summed E-state index contributed by atoms with van der Waals surface area (Å²) in [5, 5.41) is 12.1. The van der Waals surface area contributed by atoms with Crippen LogP contribution in [0, 0.1) is 17.1 Å². The van der Waals surface area contributed by atoms with Gasteiger partial charge in [0.1, 0.15) is 11.9 Å². The first kappa shape index (κ1) is 14.0. The number of hydrogen-bond acceptors (Lipinski definition) is 3. The van der Waals surface area contributed by atoms with E-state index in [-0.39, 0.29) is 5.56 Å². The topological polar surface area (TPSA) is 39.1 Å². The average molecular weight is 261 g/mol. The zero-order chi connectivity index (χ0) is 13.7. The van der Waals surface area contributed by atoms with Crippen LogP contribution in [0.15, 0.2) is 18.2 Å². The quantitative estimate of drug-likeness (QED) is 0.883. The lowest BCUT2D eigenvalue weighted by atomic mass is 10.1. The molecule has 1 N–H and O–H groups in total. The average Bonchev–Trinajstić information content (AvgIpc) is 2.94. The predicted octanol–water partition coefficient (Wildman–Crippen LogP) is 2.27. The highest BCUT2D eigenvalue weighted by molar-refractivity contribution is 5.34. The fourth-order valence-corrected chi connectivity index (χ4v) is 2.53. The van der Waals surface area contributed by atoms with E-state index in [2.05, 4.69) is 17.1 Å². The smallest absolute Gasteiger partial charge is 0.145 e. The fourth-order valence-electron chi connectivity index (χ4n) is 2.53. The van der Waals surface area contributed by atoms with Gasteiger partial charge in [0.05, 0.1) is 5.56 Å². The molecule has 4 heteroatoms. The second-order valence-corrected chi connectivity index (χ2v) is 5.11. The van der Waals surface area contributed by atoms with Crippen LogP contribution in [0.4, 0.5) is 4.39 Å². The number of benzene rings is 1. The summed E-state index contributed by atoms with van der Waals surface area (Å²) in [6.45, 7) is 5.85. The highest BCUT2D eigenvalue weighted by Crippen LogP contribution is 2.13. The van der Waals surface area contributed by atoms with Crippen molar-refractivity contribution >= 4 is 0 Å². The van der Waals surface area contributed by atoms with Gasteiger partial charge < -0.3 is 5.32 Å². The predicted molar refractivity (Wildman–Crippen MR) is 73.1 cm³/mol. The number of nitriles is 1. The van der Waals surface area contributed by atoms with Crippen LogP contribution in [-0.2, 0) is 6.54 Å². The van der Waals surface area contributed by atoms with E-state index in [9.17, 15) is 4.39 Å². The van der Waals surface area contributed by atoms with Crippen LogP contribution in [0.1, 0.15) is 30.9 Å². The van der Waals surface area contributed by atoms with Gasteiger partial charge in [0.2, 0.25) is 0 Å². The molecule has 1 atom stereocenters. The largest absolute Gasteiger partial charge is 0.311 e. The highest BCUT2D eigenvalue weighted by atomic mass is 19.1. The van der Waals surface area contributed by atoms with Gasteiger partial charge in [-0.1, -0.05) is 12.1 Å². The van der Waals surface area contributed by atoms with Crippen molar-refractivity contribution in [2.45, 2.75) is 32.4 Å². The van der Waals surface area contributed by atoms with Gasteiger partial charge in [0.15, 0.2) is 0 Å². The van der Waals surface area contributed by atoms with E-state index in [1.165, 1.54) is 32.0 Å². The van der Waals surface area contributed by atoms with Crippen molar-refractivity contribution in [3.63, 3.8) is 0 Å². The third kappa shape index (κ3) is 3.52. The van der Waals surface area contributed by atoms with Crippen LogP contribution in [0.5, 0.6) is 0 Å². The van der Waals surface area contributed by atoms with Gasteiger partial charge in [-0.25, -0.2) is 4.39 Å². The van der Waals surface area contributed by atoms with Crippen LogP contribution < -0.4 is 5.32 Å². The molecule has 1 aromatic carbocycles. The van der Waals surface area contributed by atoms with E-state index in [4.69, 9.17) is 5.26 Å². The Morgan fingerprint density at radius 2 is 2.16 bits per heavy atom. The first-order valence-electron chi connectivity index (χ1n) is 6.84. The van der Waals surface area contributed by atoms with Gasteiger partial charge in [-0.3, -0.25) is 4.90 Å². The molecule has 0 saturated carbocycles. The maximum Gasteiger partial charge on any atom is 0.145 e. The normalized spacial score (nSPS) is 17.3. The maximum atomic E-state index is 13.8. The molecule has 0 radical (unpaired) electrons. The van der Waals surface area contributed by atoms with E-state index in [1.54, 1.807) is 12.1 Å². The minimum atomic E-state index is -0.397. The molecule has 1 fully saturated rings. The Morgan fingerprint density at radius 1 is 1.42 bits per heavy atom. The van der Waals surface area contributed by atoms with E-state index >= 15 is 0 Å². The van der Waals surface area contributed by atoms with E-state index in [1.807, 2.05) is 6.07 Å². The van der Waals surface area contributed by atoms with Gasteiger partial charge >= 0.3 is 0 Å². The minimum Gasteiger partial charge on any atom is -0.311 e. The molecule has 0 amide bonds. The summed E-state index contributed by atoms with van der Waals surface area (Å²) in [7, 11) is 0. The Labute approximate surface area is 114 Å². The molecule has 0 spiro atoms. The van der Waals surface area contributed by atoms with Crippen LogP contribution in [0.3, 0.4) is 0 Å². The number of hydrogen-bond donors (Lipinski definition) is 1. The molecule has 1 unspecified atom stereocenters.